The van der Waals surface area contributed by atoms with Crippen LogP contribution in [0.15, 0.2) is 23.1 Å². The lowest BCUT2D eigenvalue weighted by Crippen LogP contribution is -2.18. The molecule has 0 N–H and O–H groups in total. The van der Waals surface area contributed by atoms with Gasteiger partial charge in [-0.2, -0.15) is 0 Å². The Morgan fingerprint density at radius 2 is 2.25 bits per heavy atom. The van der Waals surface area contributed by atoms with E-state index in [9.17, 15) is 4.79 Å². The molecule has 0 radical (unpaired) electrons. The van der Waals surface area contributed by atoms with Gasteiger partial charge in [0, 0.05) is 25.0 Å². The molecule has 0 unspecified atom stereocenters. The van der Waals surface area contributed by atoms with Gasteiger partial charge < -0.3 is 9.13 Å². The molecular weight excluding hydrogens is 200 g/mol. The van der Waals surface area contributed by atoms with E-state index in [4.69, 9.17) is 0 Å². The first-order valence-electron chi connectivity index (χ1n) is 6.03. The lowest BCUT2D eigenvalue weighted by Gasteiger charge is -2.15. The molecule has 84 valence electrons. The summed E-state index contributed by atoms with van der Waals surface area (Å²) in [6.07, 6.45) is 5.50. The first-order chi connectivity index (χ1) is 7.81. The van der Waals surface area contributed by atoms with Gasteiger partial charge in [-0.1, -0.05) is 0 Å². The largest absolute Gasteiger partial charge is 0.344 e. The highest BCUT2D eigenvalue weighted by molar-refractivity contribution is 5.80. The first kappa shape index (κ1) is 9.70. The second kappa shape index (κ2) is 3.51. The SMILES string of the molecule is CCn1ccc2c(cc3n2CCCC3)c1=O. The van der Waals surface area contributed by atoms with Crippen molar-refractivity contribution in [3.63, 3.8) is 0 Å². The summed E-state index contributed by atoms with van der Waals surface area (Å²) in [5.74, 6) is 0. The Hall–Kier alpha value is -1.51. The third-order valence-electron chi connectivity index (χ3n) is 3.53. The van der Waals surface area contributed by atoms with Crippen LogP contribution in [0.1, 0.15) is 25.5 Å². The van der Waals surface area contributed by atoms with Crippen LogP contribution in [0.2, 0.25) is 0 Å². The van der Waals surface area contributed by atoms with Crippen molar-refractivity contribution in [1.29, 1.82) is 0 Å². The summed E-state index contributed by atoms with van der Waals surface area (Å²) >= 11 is 0. The molecule has 0 aromatic carbocycles. The fraction of sp³-hybridized carbons (Fsp3) is 0.462. The molecule has 0 saturated heterocycles. The molecule has 0 fully saturated rings. The van der Waals surface area contributed by atoms with Crippen molar-refractivity contribution in [2.45, 2.75) is 39.3 Å². The summed E-state index contributed by atoms with van der Waals surface area (Å²) in [4.78, 5) is 12.1. The average Bonchev–Trinajstić information content (AvgIpc) is 2.69. The number of nitrogens with zero attached hydrogens (tertiary/aromatic N) is 2. The zero-order valence-electron chi connectivity index (χ0n) is 9.57. The predicted octanol–water partition coefficient (Wildman–Crippen LogP) is 2.16. The molecule has 3 nitrogen and oxygen atoms in total. The Morgan fingerprint density at radius 3 is 3.06 bits per heavy atom. The number of aryl methyl sites for hydroxylation is 3. The van der Waals surface area contributed by atoms with E-state index in [0.717, 1.165) is 30.4 Å². The van der Waals surface area contributed by atoms with E-state index in [1.54, 1.807) is 4.57 Å². The van der Waals surface area contributed by atoms with Crippen LogP contribution in [-0.2, 0) is 19.5 Å². The van der Waals surface area contributed by atoms with Crippen LogP contribution in [0.25, 0.3) is 10.9 Å². The highest BCUT2D eigenvalue weighted by Gasteiger charge is 2.14. The molecule has 3 rings (SSSR count). The quantitative estimate of drug-likeness (QED) is 0.717. The van der Waals surface area contributed by atoms with Gasteiger partial charge in [-0.3, -0.25) is 4.79 Å². The van der Waals surface area contributed by atoms with Crippen molar-refractivity contribution in [2.24, 2.45) is 0 Å². The van der Waals surface area contributed by atoms with Crippen molar-refractivity contribution in [1.82, 2.24) is 9.13 Å². The van der Waals surface area contributed by atoms with Crippen LogP contribution in [0, 0.1) is 0 Å². The van der Waals surface area contributed by atoms with Crippen molar-refractivity contribution in [3.05, 3.63) is 34.4 Å². The number of hydrogen-bond acceptors (Lipinski definition) is 1. The Morgan fingerprint density at radius 1 is 1.38 bits per heavy atom. The van der Waals surface area contributed by atoms with Crippen LogP contribution in [-0.4, -0.2) is 9.13 Å². The van der Waals surface area contributed by atoms with Crippen molar-refractivity contribution >= 4 is 10.9 Å². The van der Waals surface area contributed by atoms with Crippen LogP contribution in [0.4, 0.5) is 0 Å². The Labute approximate surface area is 94.3 Å². The molecule has 1 aliphatic heterocycles. The highest BCUT2D eigenvalue weighted by Crippen LogP contribution is 2.22. The molecule has 0 aliphatic carbocycles. The maximum absolute atomic E-state index is 12.1. The minimum atomic E-state index is 0.155. The number of aromatic nitrogens is 2. The molecule has 0 amide bonds. The zero-order valence-corrected chi connectivity index (χ0v) is 9.57. The third kappa shape index (κ3) is 1.24. The minimum absolute atomic E-state index is 0.155. The van der Waals surface area contributed by atoms with E-state index in [1.807, 2.05) is 13.1 Å². The summed E-state index contributed by atoms with van der Waals surface area (Å²) < 4.78 is 4.08. The molecule has 3 heterocycles. The van der Waals surface area contributed by atoms with E-state index < -0.39 is 0 Å². The fourth-order valence-corrected chi connectivity index (χ4v) is 2.65. The van der Waals surface area contributed by atoms with E-state index in [0.29, 0.717) is 0 Å². The monoisotopic (exact) mass is 216 g/mol. The maximum atomic E-state index is 12.1. The number of rotatable bonds is 1. The molecule has 0 atom stereocenters. The minimum Gasteiger partial charge on any atom is -0.344 e. The summed E-state index contributed by atoms with van der Waals surface area (Å²) in [7, 11) is 0. The molecule has 2 aromatic heterocycles. The predicted molar refractivity (Wildman–Crippen MR) is 64.8 cm³/mol. The van der Waals surface area contributed by atoms with Crippen molar-refractivity contribution in [3.8, 4) is 0 Å². The fourth-order valence-electron chi connectivity index (χ4n) is 2.65. The molecule has 0 bridgehead atoms. The number of hydrogen-bond donors (Lipinski definition) is 0. The standard InChI is InChI=1S/C13H16N2O/c1-2-14-8-6-12-11(13(14)16)9-10-5-3-4-7-15(10)12/h6,8-9H,2-5,7H2,1H3. The molecule has 2 aromatic rings. The van der Waals surface area contributed by atoms with E-state index in [2.05, 4.69) is 16.7 Å². The second-order valence-electron chi connectivity index (χ2n) is 4.45. The van der Waals surface area contributed by atoms with E-state index in [1.165, 1.54) is 18.5 Å². The lowest BCUT2D eigenvalue weighted by atomic mass is 10.1. The number of fused-ring (bicyclic) bond motifs is 3. The van der Waals surface area contributed by atoms with Gasteiger partial charge in [0.1, 0.15) is 0 Å². The summed E-state index contributed by atoms with van der Waals surface area (Å²) in [5.41, 5.74) is 2.60. The van der Waals surface area contributed by atoms with Gasteiger partial charge in [0.2, 0.25) is 0 Å². The van der Waals surface area contributed by atoms with Gasteiger partial charge in [-0.25, -0.2) is 0 Å². The molecular formula is C13H16N2O. The Bertz CT molecular complexity index is 592. The van der Waals surface area contributed by atoms with Gasteiger partial charge in [0.25, 0.3) is 5.56 Å². The molecule has 0 saturated carbocycles. The topological polar surface area (TPSA) is 26.9 Å². The summed E-state index contributed by atoms with van der Waals surface area (Å²) in [6, 6.07) is 4.16. The average molecular weight is 216 g/mol. The van der Waals surface area contributed by atoms with Crippen LogP contribution in [0.3, 0.4) is 0 Å². The lowest BCUT2D eigenvalue weighted by molar-refractivity contribution is 0.545. The molecule has 16 heavy (non-hydrogen) atoms. The molecule has 1 aliphatic rings. The second-order valence-corrected chi connectivity index (χ2v) is 4.45. The van der Waals surface area contributed by atoms with Gasteiger partial charge in [0.15, 0.2) is 0 Å². The van der Waals surface area contributed by atoms with Crippen LogP contribution in [0.5, 0.6) is 0 Å². The maximum Gasteiger partial charge on any atom is 0.259 e. The summed E-state index contributed by atoms with van der Waals surface area (Å²) in [6.45, 7) is 3.81. The van der Waals surface area contributed by atoms with Crippen molar-refractivity contribution in [2.75, 3.05) is 0 Å². The number of pyridine rings is 1. The van der Waals surface area contributed by atoms with Crippen LogP contribution < -0.4 is 5.56 Å². The molecule has 3 heteroatoms. The van der Waals surface area contributed by atoms with Gasteiger partial charge in [-0.15, -0.1) is 0 Å². The Kier molecular flexibility index (Phi) is 2.13. The zero-order chi connectivity index (χ0) is 11.1. The van der Waals surface area contributed by atoms with E-state index >= 15 is 0 Å². The molecule has 0 spiro atoms. The van der Waals surface area contributed by atoms with Gasteiger partial charge in [-0.05, 0) is 38.3 Å². The van der Waals surface area contributed by atoms with Gasteiger partial charge in [0.05, 0.1) is 10.9 Å². The smallest absolute Gasteiger partial charge is 0.259 e. The summed E-state index contributed by atoms with van der Waals surface area (Å²) in [5, 5.41) is 0.890. The highest BCUT2D eigenvalue weighted by atomic mass is 16.1. The third-order valence-corrected chi connectivity index (χ3v) is 3.53. The van der Waals surface area contributed by atoms with Crippen LogP contribution >= 0.6 is 0 Å². The van der Waals surface area contributed by atoms with Gasteiger partial charge >= 0.3 is 0 Å². The first-order valence-corrected chi connectivity index (χ1v) is 6.03. The van der Waals surface area contributed by atoms with E-state index in [-0.39, 0.29) is 5.56 Å². The van der Waals surface area contributed by atoms with Crippen molar-refractivity contribution < 1.29 is 0 Å². The Balaban J connectivity index is 2.34. The normalized spacial score (nSPS) is 15.3.